The van der Waals surface area contributed by atoms with Gasteiger partial charge in [0, 0.05) is 23.8 Å². The first-order valence-electron chi connectivity index (χ1n) is 8.49. The van der Waals surface area contributed by atoms with Gasteiger partial charge in [-0.05, 0) is 54.2 Å². The predicted molar refractivity (Wildman–Crippen MR) is 116 cm³/mol. The van der Waals surface area contributed by atoms with Crippen LogP contribution in [0.2, 0.25) is 10.0 Å². The third kappa shape index (κ3) is 3.98. The molecule has 6 nitrogen and oxygen atoms in total. The molecule has 1 aromatic carbocycles. The third-order valence-electron chi connectivity index (χ3n) is 4.32. The Labute approximate surface area is 181 Å². The molecule has 0 radical (unpaired) electrons. The summed E-state index contributed by atoms with van der Waals surface area (Å²) in [5.74, 6) is 0.495. The number of aromatic nitrogens is 2. The van der Waals surface area contributed by atoms with Gasteiger partial charge in [-0.1, -0.05) is 23.2 Å². The van der Waals surface area contributed by atoms with Gasteiger partial charge in [0.2, 0.25) is 5.91 Å². The molecule has 0 spiro atoms. The molecular formula is C19H19BrCl2N4O2. The van der Waals surface area contributed by atoms with Crippen LogP contribution in [0.3, 0.4) is 0 Å². The molecule has 148 valence electrons. The van der Waals surface area contributed by atoms with Crippen molar-refractivity contribution in [1.82, 2.24) is 14.7 Å². The summed E-state index contributed by atoms with van der Waals surface area (Å²) in [4.78, 5) is 18.2. The molecule has 0 atom stereocenters. The zero-order valence-electron chi connectivity index (χ0n) is 15.6. The van der Waals surface area contributed by atoms with E-state index in [2.05, 4.69) is 26.2 Å². The molecule has 2 heterocycles. The highest BCUT2D eigenvalue weighted by atomic mass is 79.9. The molecule has 1 N–H and O–H groups in total. The summed E-state index contributed by atoms with van der Waals surface area (Å²) in [6.45, 7) is 2.26. The van der Waals surface area contributed by atoms with Crippen molar-refractivity contribution >= 4 is 56.4 Å². The number of carbonyl (C=O) groups excluding carboxylic acids is 1. The van der Waals surface area contributed by atoms with E-state index in [0.29, 0.717) is 32.7 Å². The second-order valence-electron chi connectivity index (χ2n) is 6.18. The third-order valence-corrected chi connectivity index (χ3v) is 6.05. The molecule has 1 amide bonds. The minimum absolute atomic E-state index is 0.110. The summed E-state index contributed by atoms with van der Waals surface area (Å²) in [7, 11) is 3.38. The van der Waals surface area contributed by atoms with Crippen LogP contribution in [0, 0.1) is 6.92 Å². The number of hydrogen-bond acceptors (Lipinski definition) is 4. The Balaban J connectivity index is 1.90. The molecule has 2 aromatic heterocycles. The van der Waals surface area contributed by atoms with Crippen molar-refractivity contribution in [3.63, 3.8) is 0 Å². The highest BCUT2D eigenvalue weighted by molar-refractivity contribution is 9.10. The monoisotopic (exact) mass is 484 g/mol. The van der Waals surface area contributed by atoms with Crippen molar-refractivity contribution in [2.24, 2.45) is 0 Å². The van der Waals surface area contributed by atoms with E-state index in [1.807, 2.05) is 29.7 Å². The number of imidazole rings is 1. The van der Waals surface area contributed by atoms with Crippen molar-refractivity contribution in [2.45, 2.75) is 13.5 Å². The predicted octanol–water partition coefficient (Wildman–Crippen LogP) is 4.47. The minimum atomic E-state index is -0.110. The molecule has 0 unspecified atom stereocenters. The first kappa shape index (κ1) is 20.9. The van der Waals surface area contributed by atoms with Gasteiger partial charge in [-0.25, -0.2) is 4.98 Å². The van der Waals surface area contributed by atoms with Crippen LogP contribution in [0.5, 0.6) is 5.75 Å². The number of carbonyl (C=O) groups is 1. The molecule has 9 heteroatoms. The first-order valence-corrected chi connectivity index (χ1v) is 10.0. The van der Waals surface area contributed by atoms with Gasteiger partial charge in [-0.2, -0.15) is 0 Å². The van der Waals surface area contributed by atoms with E-state index in [9.17, 15) is 4.79 Å². The molecule has 0 aliphatic rings. The van der Waals surface area contributed by atoms with Crippen LogP contribution in [0.4, 0.5) is 5.69 Å². The molecule has 0 aliphatic heterocycles. The maximum atomic E-state index is 12.2. The Morgan fingerprint density at radius 3 is 2.82 bits per heavy atom. The molecule has 3 rings (SSSR count). The lowest BCUT2D eigenvalue weighted by molar-refractivity contribution is -0.117. The van der Waals surface area contributed by atoms with Gasteiger partial charge in [-0.15, -0.1) is 0 Å². The van der Waals surface area contributed by atoms with Crippen LogP contribution in [0.15, 0.2) is 35.1 Å². The maximum absolute atomic E-state index is 12.2. The molecule has 3 aromatic rings. The number of amides is 1. The fourth-order valence-corrected chi connectivity index (χ4v) is 3.75. The SMILES string of the molecule is CNCC(=O)N(C)c1ccc(Cl)c(COc2cccn3c(Br)c(C)nc23)c1Cl. The summed E-state index contributed by atoms with van der Waals surface area (Å²) < 4.78 is 8.76. The smallest absolute Gasteiger partial charge is 0.240 e. The first-order chi connectivity index (χ1) is 13.3. The van der Waals surface area contributed by atoms with Gasteiger partial charge < -0.3 is 15.0 Å². The van der Waals surface area contributed by atoms with Gasteiger partial charge in [0.1, 0.15) is 11.2 Å². The van der Waals surface area contributed by atoms with E-state index in [1.165, 1.54) is 4.90 Å². The van der Waals surface area contributed by atoms with E-state index < -0.39 is 0 Å². The lowest BCUT2D eigenvalue weighted by Crippen LogP contribution is -2.34. The van der Waals surface area contributed by atoms with Gasteiger partial charge >= 0.3 is 0 Å². The van der Waals surface area contributed by atoms with Gasteiger partial charge in [0.25, 0.3) is 0 Å². The van der Waals surface area contributed by atoms with E-state index >= 15 is 0 Å². The Bertz CT molecular complexity index is 1040. The van der Waals surface area contributed by atoms with Gasteiger partial charge in [0.05, 0.1) is 22.9 Å². The van der Waals surface area contributed by atoms with Crippen LogP contribution < -0.4 is 15.0 Å². The second-order valence-corrected chi connectivity index (χ2v) is 7.72. The van der Waals surface area contributed by atoms with E-state index in [-0.39, 0.29) is 19.1 Å². The van der Waals surface area contributed by atoms with Crippen molar-refractivity contribution in [2.75, 3.05) is 25.5 Å². The number of ether oxygens (including phenoxy) is 1. The van der Waals surface area contributed by atoms with E-state index in [1.54, 1.807) is 26.2 Å². The summed E-state index contributed by atoms with van der Waals surface area (Å²) in [5, 5.41) is 3.69. The fraction of sp³-hybridized carbons (Fsp3) is 0.263. The Morgan fingerprint density at radius 1 is 1.36 bits per heavy atom. The Hall–Kier alpha value is -1.80. The van der Waals surface area contributed by atoms with Crippen LogP contribution in [-0.2, 0) is 11.4 Å². The van der Waals surface area contributed by atoms with Crippen molar-refractivity contribution in [3.05, 3.63) is 56.4 Å². The molecule has 0 aliphatic carbocycles. The van der Waals surface area contributed by atoms with Crippen LogP contribution >= 0.6 is 39.1 Å². The van der Waals surface area contributed by atoms with Crippen LogP contribution in [0.25, 0.3) is 5.65 Å². The quantitative estimate of drug-likeness (QED) is 0.559. The highest BCUT2D eigenvalue weighted by Gasteiger charge is 2.19. The lowest BCUT2D eigenvalue weighted by atomic mass is 10.2. The lowest BCUT2D eigenvalue weighted by Gasteiger charge is -2.21. The van der Waals surface area contributed by atoms with Crippen molar-refractivity contribution in [3.8, 4) is 5.75 Å². The van der Waals surface area contributed by atoms with Crippen LogP contribution in [0.1, 0.15) is 11.3 Å². The normalized spacial score (nSPS) is 11.1. The van der Waals surface area contributed by atoms with Gasteiger partial charge in [0.15, 0.2) is 11.4 Å². The summed E-state index contributed by atoms with van der Waals surface area (Å²) in [6, 6.07) is 7.14. The largest absolute Gasteiger partial charge is 0.485 e. The Morgan fingerprint density at radius 2 is 2.11 bits per heavy atom. The van der Waals surface area contributed by atoms with Crippen molar-refractivity contribution < 1.29 is 9.53 Å². The number of halogens is 3. The van der Waals surface area contributed by atoms with Crippen LogP contribution in [-0.4, -0.2) is 35.9 Å². The standard InChI is InChI=1S/C19H19BrCl2N4O2/c1-11-18(20)26-8-4-5-15(19(26)24-11)28-10-12-13(21)6-7-14(17(12)22)25(3)16(27)9-23-2/h4-8,23H,9-10H2,1-3H3. The zero-order chi connectivity index (χ0) is 20.4. The number of anilines is 1. The number of nitrogens with zero attached hydrogens (tertiary/aromatic N) is 3. The van der Waals surface area contributed by atoms with E-state index in [0.717, 1.165) is 10.3 Å². The number of rotatable bonds is 6. The second kappa shape index (κ2) is 8.69. The summed E-state index contributed by atoms with van der Waals surface area (Å²) in [6.07, 6.45) is 1.90. The molecule has 0 fully saturated rings. The number of hydrogen-bond donors (Lipinski definition) is 1. The van der Waals surface area contributed by atoms with E-state index in [4.69, 9.17) is 27.9 Å². The minimum Gasteiger partial charge on any atom is -0.485 e. The van der Waals surface area contributed by atoms with Crippen molar-refractivity contribution in [1.29, 1.82) is 0 Å². The fourth-order valence-electron chi connectivity index (χ4n) is 2.77. The number of pyridine rings is 1. The number of aryl methyl sites for hydroxylation is 1. The topological polar surface area (TPSA) is 58.9 Å². The Kier molecular flexibility index (Phi) is 6.50. The molecule has 28 heavy (non-hydrogen) atoms. The number of fused-ring (bicyclic) bond motifs is 1. The molecule has 0 bridgehead atoms. The molecule has 0 saturated carbocycles. The molecular weight excluding hydrogens is 467 g/mol. The zero-order valence-corrected chi connectivity index (χ0v) is 18.7. The number of nitrogens with one attached hydrogen (secondary N) is 1. The maximum Gasteiger partial charge on any atom is 0.240 e. The molecule has 0 saturated heterocycles. The summed E-state index contributed by atoms with van der Waals surface area (Å²) >= 11 is 16.4. The number of benzene rings is 1. The number of likely N-dealkylation sites (N-methyl/N-ethyl adjacent to an activating group) is 2. The summed E-state index contributed by atoms with van der Waals surface area (Å²) in [5.41, 5.74) is 2.73. The highest BCUT2D eigenvalue weighted by Crippen LogP contribution is 2.35. The average Bonchev–Trinajstić information content (AvgIpc) is 2.96. The average molecular weight is 486 g/mol. The van der Waals surface area contributed by atoms with Gasteiger partial charge in [-0.3, -0.25) is 9.20 Å².